The second-order valence-electron chi connectivity index (χ2n) is 6.83. The summed E-state index contributed by atoms with van der Waals surface area (Å²) < 4.78 is 40.7. The highest BCUT2D eigenvalue weighted by Crippen LogP contribution is 2.26. The summed E-state index contributed by atoms with van der Waals surface area (Å²) in [6.45, 7) is 4.17. The average Bonchev–Trinajstić information content (AvgIpc) is 2.69. The van der Waals surface area contributed by atoms with Gasteiger partial charge in [0.2, 0.25) is 0 Å². The Morgan fingerprint density at radius 1 is 0.967 bits per heavy atom. The molecule has 2 aromatic carbocycles. The third kappa shape index (κ3) is 5.73. The molecule has 0 aliphatic rings. The predicted molar refractivity (Wildman–Crippen MR) is 109 cm³/mol. The normalized spacial score (nSPS) is 11.3. The van der Waals surface area contributed by atoms with E-state index in [1.54, 1.807) is 12.1 Å². The molecule has 0 atom stereocenters. The minimum Gasteiger partial charge on any atom is -0.406 e. The van der Waals surface area contributed by atoms with Crippen molar-refractivity contribution in [3.05, 3.63) is 78.0 Å². The van der Waals surface area contributed by atoms with Crippen LogP contribution in [0.25, 0.3) is 0 Å². The number of amides is 1. The number of carbonyl (C=O) groups is 1. The molecular formula is C22H20F3N3O2. The molecule has 1 heterocycles. The summed E-state index contributed by atoms with van der Waals surface area (Å²) in [4.78, 5) is 16.9. The molecule has 0 saturated carbocycles. The number of pyridine rings is 1. The Hall–Kier alpha value is -3.55. The zero-order chi connectivity index (χ0) is 21.7. The quantitative estimate of drug-likeness (QED) is 0.511. The molecule has 156 valence electrons. The summed E-state index contributed by atoms with van der Waals surface area (Å²) in [6, 6.07) is 16.0. The Morgan fingerprint density at radius 3 is 2.20 bits per heavy atom. The maximum atomic E-state index is 12.7. The minimum atomic E-state index is -4.76. The number of halogens is 3. The molecule has 0 spiro atoms. The van der Waals surface area contributed by atoms with Gasteiger partial charge in [-0.15, -0.1) is 13.2 Å². The van der Waals surface area contributed by atoms with Crippen LogP contribution in [-0.2, 0) is 0 Å². The van der Waals surface area contributed by atoms with Crippen LogP contribution >= 0.6 is 0 Å². The van der Waals surface area contributed by atoms with Crippen LogP contribution in [0.5, 0.6) is 5.75 Å². The molecule has 30 heavy (non-hydrogen) atoms. The molecule has 0 radical (unpaired) electrons. The van der Waals surface area contributed by atoms with Crippen molar-refractivity contribution in [1.29, 1.82) is 0 Å². The molecule has 0 fully saturated rings. The van der Waals surface area contributed by atoms with Crippen molar-refractivity contribution < 1.29 is 22.7 Å². The minimum absolute atomic E-state index is 0.276. The first-order chi connectivity index (χ1) is 14.2. The summed E-state index contributed by atoms with van der Waals surface area (Å²) in [5.41, 5.74) is 2.56. The van der Waals surface area contributed by atoms with E-state index >= 15 is 0 Å². The first-order valence-corrected chi connectivity index (χ1v) is 9.20. The molecule has 8 heteroatoms. The molecule has 0 aliphatic carbocycles. The number of rotatable bonds is 6. The Balaban J connectivity index is 1.73. The fourth-order valence-corrected chi connectivity index (χ4v) is 2.71. The van der Waals surface area contributed by atoms with Crippen molar-refractivity contribution in [3.8, 4) is 5.75 Å². The standard InChI is InChI=1S/C22H20F3N3O2/c1-14(2)15-5-7-17(8-6-15)28-21(29)19-4-3-13-26-20(19)27-16-9-11-18(12-10-16)30-22(23,24)25/h3-14H,1-2H3,(H,26,27)(H,28,29). The number of alkyl halides is 3. The SMILES string of the molecule is CC(C)c1ccc(NC(=O)c2cccnc2Nc2ccc(OC(F)(F)F)cc2)cc1. The number of benzene rings is 2. The number of nitrogens with zero attached hydrogens (tertiary/aromatic N) is 1. The van der Waals surface area contributed by atoms with Crippen molar-refractivity contribution in [2.45, 2.75) is 26.1 Å². The molecule has 2 N–H and O–H groups in total. The zero-order valence-corrected chi connectivity index (χ0v) is 16.3. The lowest BCUT2D eigenvalue weighted by Crippen LogP contribution is -2.17. The molecule has 0 bridgehead atoms. The highest BCUT2D eigenvalue weighted by Gasteiger charge is 2.31. The first-order valence-electron chi connectivity index (χ1n) is 9.20. The van der Waals surface area contributed by atoms with Gasteiger partial charge < -0.3 is 15.4 Å². The highest BCUT2D eigenvalue weighted by atomic mass is 19.4. The van der Waals surface area contributed by atoms with Gasteiger partial charge in [-0.05, 0) is 60.0 Å². The molecule has 3 rings (SSSR count). The lowest BCUT2D eigenvalue weighted by Gasteiger charge is -2.13. The second-order valence-corrected chi connectivity index (χ2v) is 6.83. The summed E-state index contributed by atoms with van der Waals surface area (Å²) in [6.07, 6.45) is -3.24. The smallest absolute Gasteiger partial charge is 0.406 e. The molecule has 1 amide bonds. The summed E-state index contributed by atoms with van der Waals surface area (Å²) in [5, 5.41) is 5.77. The molecule has 0 unspecified atom stereocenters. The maximum Gasteiger partial charge on any atom is 0.573 e. The number of anilines is 3. The maximum absolute atomic E-state index is 12.7. The van der Waals surface area contributed by atoms with Gasteiger partial charge in [0.1, 0.15) is 11.6 Å². The number of nitrogens with one attached hydrogen (secondary N) is 2. The van der Waals surface area contributed by atoms with E-state index in [9.17, 15) is 18.0 Å². The Bertz CT molecular complexity index is 1000. The van der Waals surface area contributed by atoms with Crippen LogP contribution in [0.1, 0.15) is 35.7 Å². The second kappa shape index (κ2) is 8.86. The summed E-state index contributed by atoms with van der Waals surface area (Å²) in [7, 11) is 0. The number of aromatic nitrogens is 1. The summed E-state index contributed by atoms with van der Waals surface area (Å²) in [5.74, 6) is -0.0353. The fourth-order valence-electron chi connectivity index (χ4n) is 2.71. The van der Waals surface area contributed by atoms with Gasteiger partial charge in [-0.1, -0.05) is 26.0 Å². The van der Waals surface area contributed by atoms with E-state index in [4.69, 9.17) is 0 Å². The van der Waals surface area contributed by atoms with Crippen molar-refractivity contribution in [1.82, 2.24) is 4.98 Å². The van der Waals surface area contributed by atoms with Gasteiger partial charge >= 0.3 is 6.36 Å². The van der Waals surface area contributed by atoms with Crippen LogP contribution in [0, 0.1) is 0 Å². The molecule has 3 aromatic rings. The third-order valence-electron chi connectivity index (χ3n) is 4.24. The van der Waals surface area contributed by atoms with Crippen molar-refractivity contribution in [2.75, 3.05) is 10.6 Å². The van der Waals surface area contributed by atoms with Crippen LogP contribution < -0.4 is 15.4 Å². The Kier molecular flexibility index (Phi) is 6.25. The average molecular weight is 415 g/mol. The van der Waals surface area contributed by atoms with Gasteiger partial charge in [-0.3, -0.25) is 4.79 Å². The predicted octanol–water partition coefficient (Wildman–Crippen LogP) is 6.10. The zero-order valence-electron chi connectivity index (χ0n) is 16.3. The van der Waals surface area contributed by atoms with E-state index in [0.29, 0.717) is 22.9 Å². The number of hydrogen-bond donors (Lipinski definition) is 2. The van der Waals surface area contributed by atoms with Crippen LogP contribution in [0.2, 0.25) is 0 Å². The van der Waals surface area contributed by atoms with Gasteiger partial charge in [-0.25, -0.2) is 4.98 Å². The van der Waals surface area contributed by atoms with Gasteiger partial charge in [0.15, 0.2) is 0 Å². The Labute approximate surface area is 171 Å². The first kappa shape index (κ1) is 21.2. The lowest BCUT2D eigenvalue weighted by atomic mass is 10.0. The van der Waals surface area contributed by atoms with Crippen molar-refractivity contribution >= 4 is 23.1 Å². The largest absolute Gasteiger partial charge is 0.573 e. The van der Waals surface area contributed by atoms with Crippen molar-refractivity contribution in [3.63, 3.8) is 0 Å². The van der Waals surface area contributed by atoms with Crippen LogP contribution in [0.3, 0.4) is 0 Å². The van der Waals surface area contributed by atoms with Crippen LogP contribution in [0.15, 0.2) is 66.9 Å². The highest BCUT2D eigenvalue weighted by molar-refractivity contribution is 6.07. The van der Waals surface area contributed by atoms with Crippen molar-refractivity contribution in [2.24, 2.45) is 0 Å². The number of hydrogen-bond acceptors (Lipinski definition) is 4. The fraction of sp³-hybridized carbons (Fsp3) is 0.182. The lowest BCUT2D eigenvalue weighted by molar-refractivity contribution is -0.274. The Morgan fingerprint density at radius 2 is 1.60 bits per heavy atom. The van der Waals surface area contributed by atoms with Crippen LogP contribution in [0.4, 0.5) is 30.4 Å². The number of carbonyl (C=O) groups excluding carboxylic acids is 1. The van der Waals surface area contributed by atoms with E-state index in [1.165, 1.54) is 30.5 Å². The van der Waals surface area contributed by atoms with Crippen LogP contribution in [-0.4, -0.2) is 17.3 Å². The van der Waals surface area contributed by atoms with E-state index in [-0.39, 0.29) is 17.5 Å². The van der Waals surface area contributed by atoms with E-state index in [0.717, 1.165) is 5.56 Å². The molecule has 1 aromatic heterocycles. The van der Waals surface area contributed by atoms with Gasteiger partial charge in [0.25, 0.3) is 5.91 Å². The third-order valence-corrected chi connectivity index (χ3v) is 4.24. The van der Waals surface area contributed by atoms with Gasteiger partial charge in [0.05, 0.1) is 5.56 Å². The van der Waals surface area contributed by atoms with E-state index in [1.807, 2.05) is 24.3 Å². The molecular weight excluding hydrogens is 395 g/mol. The van der Waals surface area contributed by atoms with E-state index in [2.05, 4.69) is 34.2 Å². The topological polar surface area (TPSA) is 63.2 Å². The van der Waals surface area contributed by atoms with Gasteiger partial charge in [-0.2, -0.15) is 0 Å². The monoisotopic (exact) mass is 415 g/mol. The molecule has 0 saturated heterocycles. The molecule has 0 aliphatic heterocycles. The molecule has 5 nitrogen and oxygen atoms in total. The van der Waals surface area contributed by atoms with Gasteiger partial charge in [0, 0.05) is 17.6 Å². The number of ether oxygens (including phenoxy) is 1. The van der Waals surface area contributed by atoms with E-state index < -0.39 is 6.36 Å². The summed E-state index contributed by atoms with van der Waals surface area (Å²) >= 11 is 0.